The van der Waals surface area contributed by atoms with E-state index in [-0.39, 0.29) is 11.7 Å². The van der Waals surface area contributed by atoms with Crippen LogP contribution in [0.2, 0.25) is 0 Å². The van der Waals surface area contributed by atoms with E-state index in [1.54, 1.807) is 10.9 Å². The van der Waals surface area contributed by atoms with E-state index in [1.807, 2.05) is 18.2 Å². The molecule has 0 amide bonds. The number of pyridine rings is 1. The van der Waals surface area contributed by atoms with Crippen LogP contribution in [0.25, 0.3) is 0 Å². The Morgan fingerprint density at radius 1 is 1.44 bits per heavy atom. The smallest absolute Gasteiger partial charge is 0.219 e. The molecular weight excluding hydrogens is 208 g/mol. The fourth-order valence-corrected chi connectivity index (χ4v) is 1.19. The molecule has 16 heavy (non-hydrogen) atoms. The molecule has 0 aliphatic heterocycles. The number of hydrogen-bond acceptors (Lipinski definition) is 5. The molecule has 0 radical (unpaired) electrons. The SMILES string of the molecule is NC(=NO)c1ncn(Cc2ccccn2)n1. The standard InChI is InChI=1S/C9H10N6O/c10-8(14-16)9-12-6-15(13-9)5-7-3-1-2-4-11-7/h1-4,6,16H,5H2,(H2,10,14). The quantitative estimate of drug-likeness (QED) is 0.322. The molecule has 0 aliphatic rings. The maximum absolute atomic E-state index is 8.45. The van der Waals surface area contributed by atoms with Crippen LogP contribution in [0.1, 0.15) is 11.5 Å². The highest BCUT2D eigenvalue weighted by atomic mass is 16.4. The molecule has 0 atom stereocenters. The molecule has 2 aromatic heterocycles. The second kappa shape index (κ2) is 4.39. The van der Waals surface area contributed by atoms with Gasteiger partial charge in [-0.15, -0.1) is 5.10 Å². The summed E-state index contributed by atoms with van der Waals surface area (Å²) in [7, 11) is 0. The highest BCUT2D eigenvalue weighted by molar-refractivity contribution is 5.93. The van der Waals surface area contributed by atoms with Crippen molar-refractivity contribution in [3.63, 3.8) is 0 Å². The fourth-order valence-electron chi connectivity index (χ4n) is 1.19. The normalized spacial score (nSPS) is 11.6. The molecule has 3 N–H and O–H groups in total. The zero-order valence-electron chi connectivity index (χ0n) is 8.35. The van der Waals surface area contributed by atoms with Crippen molar-refractivity contribution in [2.75, 3.05) is 0 Å². The number of hydrogen-bond donors (Lipinski definition) is 2. The molecule has 7 heteroatoms. The minimum absolute atomic E-state index is 0.111. The predicted octanol–water partition coefficient (Wildman–Crippen LogP) is -0.184. The minimum atomic E-state index is -0.111. The molecule has 82 valence electrons. The van der Waals surface area contributed by atoms with Gasteiger partial charge in [-0.2, -0.15) is 0 Å². The number of aromatic nitrogens is 4. The summed E-state index contributed by atoms with van der Waals surface area (Å²) in [5.41, 5.74) is 6.21. The second-order valence-corrected chi connectivity index (χ2v) is 3.07. The molecular formula is C9H10N6O. The predicted molar refractivity (Wildman–Crippen MR) is 55.9 cm³/mol. The van der Waals surface area contributed by atoms with Crippen LogP contribution in [-0.4, -0.2) is 30.8 Å². The molecule has 0 saturated carbocycles. The summed E-state index contributed by atoms with van der Waals surface area (Å²) in [5.74, 6) is 0.0817. The van der Waals surface area contributed by atoms with Gasteiger partial charge in [0.05, 0.1) is 12.2 Å². The first-order chi connectivity index (χ1) is 7.79. The van der Waals surface area contributed by atoms with Crippen molar-refractivity contribution in [1.82, 2.24) is 19.7 Å². The van der Waals surface area contributed by atoms with Crippen molar-refractivity contribution in [2.24, 2.45) is 10.9 Å². The van der Waals surface area contributed by atoms with Crippen molar-refractivity contribution in [3.05, 3.63) is 42.2 Å². The van der Waals surface area contributed by atoms with Gasteiger partial charge in [0, 0.05) is 6.20 Å². The van der Waals surface area contributed by atoms with Gasteiger partial charge >= 0.3 is 0 Å². The van der Waals surface area contributed by atoms with E-state index in [0.717, 1.165) is 5.69 Å². The Morgan fingerprint density at radius 3 is 3.00 bits per heavy atom. The lowest BCUT2D eigenvalue weighted by Gasteiger charge is -1.98. The first-order valence-electron chi connectivity index (χ1n) is 4.57. The molecule has 0 spiro atoms. The Bertz CT molecular complexity index is 492. The average Bonchev–Trinajstić information content (AvgIpc) is 2.78. The van der Waals surface area contributed by atoms with Gasteiger partial charge in [0.1, 0.15) is 6.33 Å². The highest BCUT2D eigenvalue weighted by Crippen LogP contribution is 1.97. The van der Waals surface area contributed by atoms with E-state index in [4.69, 9.17) is 10.9 Å². The van der Waals surface area contributed by atoms with Crippen LogP contribution in [0.15, 0.2) is 35.9 Å². The molecule has 0 aliphatic carbocycles. The van der Waals surface area contributed by atoms with E-state index in [1.165, 1.54) is 6.33 Å². The summed E-state index contributed by atoms with van der Waals surface area (Å²) in [6, 6.07) is 5.61. The van der Waals surface area contributed by atoms with E-state index >= 15 is 0 Å². The van der Waals surface area contributed by atoms with E-state index in [0.29, 0.717) is 6.54 Å². The lowest BCUT2D eigenvalue weighted by atomic mass is 10.3. The molecule has 0 unspecified atom stereocenters. The Morgan fingerprint density at radius 2 is 2.31 bits per heavy atom. The Balaban J connectivity index is 2.15. The van der Waals surface area contributed by atoms with Crippen molar-refractivity contribution in [3.8, 4) is 0 Å². The number of amidine groups is 1. The van der Waals surface area contributed by atoms with Gasteiger partial charge in [0.25, 0.3) is 0 Å². The van der Waals surface area contributed by atoms with Crippen LogP contribution in [0.5, 0.6) is 0 Å². The lowest BCUT2D eigenvalue weighted by Crippen LogP contribution is -2.15. The van der Waals surface area contributed by atoms with Gasteiger partial charge in [-0.1, -0.05) is 11.2 Å². The maximum atomic E-state index is 8.45. The first-order valence-corrected chi connectivity index (χ1v) is 4.57. The minimum Gasteiger partial charge on any atom is -0.409 e. The third kappa shape index (κ3) is 2.14. The van der Waals surface area contributed by atoms with Crippen molar-refractivity contribution in [1.29, 1.82) is 0 Å². The maximum Gasteiger partial charge on any atom is 0.219 e. The summed E-state index contributed by atoms with van der Waals surface area (Å²) in [6.45, 7) is 0.493. The van der Waals surface area contributed by atoms with E-state index < -0.39 is 0 Å². The molecule has 0 bridgehead atoms. The Labute approximate surface area is 91.2 Å². The van der Waals surface area contributed by atoms with Crippen LogP contribution >= 0.6 is 0 Å². The largest absolute Gasteiger partial charge is 0.409 e. The van der Waals surface area contributed by atoms with Crippen LogP contribution in [-0.2, 0) is 6.54 Å². The van der Waals surface area contributed by atoms with Crippen molar-refractivity contribution < 1.29 is 5.21 Å². The second-order valence-electron chi connectivity index (χ2n) is 3.07. The van der Waals surface area contributed by atoms with Gasteiger partial charge in [0.15, 0.2) is 0 Å². The molecule has 2 aromatic rings. The molecule has 7 nitrogen and oxygen atoms in total. The number of oxime groups is 1. The molecule has 2 heterocycles. The molecule has 0 saturated heterocycles. The number of nitrogens with two attached hydrogens (primary N) is 1. The monoisotopic (exact) mass is 218 g/mol. The van der Waals surface area contributed by atoms with Crippen LogP contribution in [0, 0.1) is 0 Å². The summed E-state index contributed by atoms with van der Waals surface area (Å²) < 4.78 is 1.57. The van der Waals surface area contributed by atoms with Crippen LogP contribution in [0.4, 0.5) is 0 Å². The molecule has 2 rings (SSSR count). The average molecular weight is 218 g/mol. The first kappa shape index (κ1) is 10.1. The van der Waals surface area contributed by atoms with Crippen molar-refractivity contribution in [2.45, 2.75) is 6.54 Å². The summed E-state index contributed by atoms with van der Waals surface area (Å²) >= 11 is 0. The molecule has 0 aromatic carbocycles. The Kier molecular flexibility index (Phi) is 2.77. The zero-order valence-corrected chi connectivity index (χ0v) is 8.35. The lowest BCUT2D eigenvalue weighted by molar-refractivity contribution is 0.318. The topological polar surface area (TPSA) is 102 Å². The van der Waals surface area contributed by atoms with Gasteiger partial charge in [-0.05, 0) is 12.1 Å². The fraction of sp³-hybridized carbons (Fsp3) is 0.111. The summed E-state index contributed by atoms with van der Waals surface area (Å²) in [6.07, 6.45) is 3.21. The third-order valence-corrected chi connectivity index (χ3v) is 1.92. The van der Waals surface area contributed by atoms with E-state index in [2.05, 4.69) is 20.2 Å². The summed E-state index contributed by atoms with van der Waals surface area (Å²) in [5, 5.41) is 15.3. The van der Waals surface area contributed by atoms with Gasteiger partial charge in [-0.25, -0.2) is 9.67 Å². The Hall–Kier alpha value is -2.44. The van der Waals surface area contributed by atoms with Gasteiger partial charge in [-0.3, -0.25) is 4.98 Å². The zero-order chi connectivity index (χ0) is 11.4. The number of nitrogens with zero attached hydrogens (tertiary/aromatic N) is 5. The van der Waals surface area contributed by atoms with Crippen molar-refractivity contribution >= 4 is 5.84 Å². The number of rotatable bonds is 3. The third-order valence-electron chi connectivity index (χ3n) is 1.92. The van der Waals surface area contributed by atoms with Crippen LogP contribution in [0.3, 0.4) is 0 Å². The summed E-state index contributed by atoms with van der Waals surface area (Å²) in [4.78, 5) is 8.04. The van der Waals surface area contributed by atoms with E-state index in [9.17, 15) is 0 Å². The van der Waals surface area contributed by atoms with Gasteiger partial charge < -0.3 is 10.9 Å². The molecule has 0 fully saturated rings. The van der Waals surface area contributed by atoms with Gasteiger partial charge in [0.2, 0.25) is 11.7 Å². The highest BCUT2D eigenvalue weighted by Gasteiger charge is 2.05. The van der Waals surface area contributed by atoms with Crippen LogP contribution < -0.4 is 5.73 Å².